The first kappa shape index (κ1) is 24.6. The smallest absolute Gasteiger partial charge is 0.416 e. The summed E-state index contributed by atoms with van der Waals surface area (Å²) in [4.78, 5) is 25.9. The van der Waals surface area contributed by atoms with E-state index in [0.29, 0.717) is 30.8 Å². The number of hydrogen-bond donors (Lipinski definition) is 1. The van der Waals surface area contributed by atoms with Gasteiger partial charge in [-0.1, -0.05) is 24.3 Å². The second-order valence-corrected chi connectivity index (χ2v) is 8.86. The Balaban J connectivity index is 1.59. The summed E-state index contributed by atoms with van der Waals surface area (Å²) in [6.07, 6.45) is -2.03. The van der Waals surface area contributed by atoms with Gasteiger partial charge < -0.3 is 14.7 Å². The average molecular weight is 463 g/mol. The van der Waals surface area contributed by atoms with Crippen LogP contribution in [0.25, 0.3) is 0 Å². The molecule has 0 aliphatic carbocycles. The van der Waals surface area contributed by atoms with Gasteiger partial charge in [0.25, 0.3) is 0 Å². The molecule has 3 rings (SSSR count). The third kappa shape index (κ3) is 6.49. The lowest BCUT2D eigenvalue weighted by molar-refractivity contribution is -0.152. The summed E-state index contributed by atoms with van der Waals surface area (Å²) in [7, 11) is 0. The van der Waals surface area contributed by atoms with Crippen molar-refractivity contribution in [2.75, 3.05) is 13.1 Å². The van der Waals surface area contributed by atoms with Crippen LogP contribution in [0.15, 0.2) is 48.5 Å². The van der Waals surface area contributed by atoms with Gasteiger partial charge in [-0.2, -0.15) is 13.2 Å². The van der Waals surface area contributed by atoms with Crippen molar-refractivity contribution in [2.45, 2.75) is 57.2 Å². The molecule has 33 heavy (non-hydrogen) atoms. The number of carboxylic acid groups (broad SMARTS) is 1. The summed E-state index contributed by atoms with van der Waals surface area (Å²) in [6.45, 7) is 4.15. The molecule has 8 heteroatoms. The minimum absolute atomic E-state index is 0.0287. The van der Waals surface area contributed by atoms with E-state index < -0.39 is 23.3 Å². The van der Waals surface area contributed by atoms with Gasteiger partial charge in [0.1, 0.15) is 5.75 Å². The summed E-state index contributed by atoms with van der Waals surface area (Å²) in [6, 6.07) is 12.2. The largest absolute Gasteiger partial charge is 0.478 e. The van der Waals surface area contributed by atoms with Gasteiger partial charge in [0.15, 0.2) is 5.60 Å². The number of halogens is 3. The fourth-order valence-electron chi connectivity index (χ4n) is 3.92. The molecule has 1 aliphatic rings. The van der Waals surface area contributed by atoms with Crippen molar-refractivity contribution >= 4 is 11.9 Å². The molecule has 2 aromatic carbocycles. The van der Waals surface area contributed by atoms with Crippen molar-refractivity contribution in [1.82, 2.24) is 4.90 Å². The van der Waals surface area contributed by atoms with Crippen LogP contribution in [0.2, 0.25) is 0 Å². The van der Waals surface area contributed by atoms with Crippen LogP contribution in [-0.2, 0) is 22.2 Å². The minimum atomic E-state index is -4.37. The SMILES string of the molecule is CC(C)(Oc1cccc([C@H]2CCCN(C(=O)CCc3ccc(C(F)(F)F)cc3)C2)c1)C(=O)O. The van der Waals surface area contributed by atoms with E-state index in [9.17, 15) is 27.9 Å². The molecule has 1 N–H and O–H groups in total. The van der Waals surface area contributed by atoms with Gasteiger partial charge in [-0.3, -0.25) is 4.79 Å². The number of carbonyl (C=O) groups is 2. The maximum absolute atomic E-state index is 12.8. The van der Waals surface area contributed by atoms with Crippen LogP contribution in [0.3, 0.4) is 0 Å². The maximum Gasteiger partial charge on any atom is 0.416 e. The number of ether oxygens (including phenoxy) is 1. The molecule has 1 amide bonds. The number of carboxylic acids is 1. The van der Waals surface area contributed by atoms with E-state index in [1.54, 1.807) is 11.0 Å². The molecule has 1 fully saturated rings. The third-order valence-corrected chi connectivity index (χ3v) is 5.90. The Morgan fingerprint density at radius 1 is 1.12 bits per heavy atom. The second kappa shape index (κ2) is 9.85. The fraction of sp³-hybridized carbons (Fsp3) is 0.440. The number of amides is 1. The van der Waals surface area contributed by atoms with Gasteiger partial charge >= 0.3 is 12.1 Å². The number of carbonyl (C=O) groups excluding carboxylic acids is 1. The number of likely N-dealkylation sites (tertiary alicyclic amines) is 1. The maximum atomic E-state index is 12.8. The lowest BCUT2D eigenvalue weighted by Crippen LogP contribution is -2.39. The molecule has 1 atom stereocenters. The Labute approximate surface area is 191 Å². The zero-order valence-corrected chi connectivity index (χ0v) is 18.7. The molecule has 0 unspecified atom stereocenters. The van der Waals surface area contributed by atoms with Crippen molar-refractivity contribution in [3.05, 3.63) is 65.2 Å². The molecule has 2 aromatic rings. The summed E-state index contributed by atoms with van der Waals surface area (Å²) in [5, 5.41) is 9.28. The molecule has 0 saturated carbocycles. The van der Waals surface area contributed by atoms with Gasteiger partial charge in [-0.15, -0.1) is 0 Å². The molecular formula is C25H28F3NO4. The minimum Gasteiger partial charge on any atom is -0.478 e. The highest BCUT2D eigenvalue weighted by atomic mass is 19.4. The molecule has 0 spiro atoms. The number of aryl methyl sites for hydroxylation is 1. The van der Waals surface area contributed by atoms with Gasteiger partial charge in [-0.25, -0.2) is 4.79 Å². The molecule has 5 nitrogen and oxygen atoms in total. The molecule has 0 aromatic heterocycles. The number of hydrogen-bond acceptors (Lipinski definition) is 3. The van der Waals surface area contributed by atoms with Crippen LogP contribution >= 0.6 is 0 Å². The van der Waals surface area contributed by atoms with Crippen molar-refractivity contribution < 1.29 is 32.6 Å². The average Bonchev–Trinajstić information content (AvgIpc) is 2.77. The molecule has 178 valence electrons. The normalized spacial score (nSPS) is 17.0. The quantitative estimate of drug-likeness (QED) is 0.606. The lowest BCUT2D eigenvalue weighted by atomic mass is 9.90. The van der Waals surface area contributed by atoms with Crippen molar-refractivity contribution in [3.63, 3.8) is 0 Å². The molecule has 1 aliphatic heterocycles. The van der Waals surface area contributed by atoms with Crippen molar-refractivity contribution in [2.24, 2.45) is 0 Å². The molecule has 0 radical (unpaired) electrons. The Bertz CT molecular complexity index is 986. The summed E-state index contributed by atoms with van der Waals surface area (Å²) in [5.74, 6) is -0.523. The second-order valence-electron chi connectivity index (χ2n) is 8.86. The van der Waals surface area contributed by atoms with Crippen LogP contribution < -0.4 is 4.74 Å². The highest BCUT2D eigenvalue weighted by Crippen LogP contribution is 2.31. The van der Waals surface area contributed by atoms with Gasteiger partial charge in [0.2, 0.25) is 5.91 Å². The molecule has 1 saturated heterocycles. The summed E-state index contributed by atoms with van der Waals surface area (Å²) < 4.78 is 43.7. The number of benzene rings is 2. The number of alkyl halides is 3. The van der Waals surface area contributed by atoms with Gasteiger partial charge in [0, 0.05) is 25.4 Å². The van der Waals surface area contributed by atoms with E-state index in [4.69, 9.17) is 4.74 Å². The summed E-state index contributed by atoms with van der Waals surface area (Å²) in [5.41, 5.74) is -0.384. The monoisotopic (exact) mass is 463 g/mol. The highest BCUT2D eigenvalue weighted by molar-refractivity contribution is 5.77. The van der Waals surface area contributed by atoms with Crippen LogP contribution in [0, 0.1) is 0 Å². The molecular weight excluding hydrogens is 435 g/mol. The first-order chi connectivity index (χ1) is 15.5. The van der Waals surface area contributed by atoms with Gasteiger partial charge in [0.05, 0.1) is 5.56 Å². The topological polar surface area (TPSA) is 66.8 Å². The number of aliphatic carboxylic acids is 1. The van der Waals surface area contributed by atoms with Crippen molar-refractivity contribution in [3.8, 4) is 5.75 Å². The number of piperidine rings is 1. The van der Waals surface area contributed by atoms with E-state index >= 15 is 0 Å². The Morgan fingerprint density at radius 2 is 1.82 bits per heavy atom. The zero-order valence-electron chi connectivity index (χ0n) is 18.7. The van der Waals surface area contributed by atoms with Crippen molar-refractivity contribution in [1.29, 1.82) is 0 Å². The Kier molecular flexibility index (Phi) is 7.34. The van der Waals surface area contributed by atoms with E-state index in [-0.39, 0.29) is 18.2 Å². The van der Waals surface area contributed by atoms with Crippen LogP contribution in [0.1, 0.15) is 55.7 Å². The van der Waals surface area contributed by atoms with Crippen LogP contribution in [0.5, 0.6) is 5.75 Å². The van der Waals surface area contributed by atoms with E-state index in [1.165, 1.54) is 26.0 Å². The molecule has 1 heterocycles. The first-order valence-corrected chi connectivity index (χ1v) is 10.9. The van der Waals surface area contributed by atoms with Crippen LogP contribution in [0.4, 0.5) is 13.2 Å². The summed E-state index contributed by atoms with van der Waals surface area (Å²) >= 11 is 0. The van der Waals surface area contributed by atoms with E-state index in [0.717, 1.165) is 30.5 Å². The predicted molar refractivity (Wildman–Crippen MR) is 117 cm³/mol. The molecule has 0 bridgehead atoms. The Hall–Kier alpha value is -3.03. The number of rotatable bonds is 7. The fourth-order valence-corrected chi connectivity index (χ4v) is 3.92. The lowest BCUT2D eigenvalue weighted by Gasteiger charge is -2.33. The standard InChI is InChI=1S/C25H28F3NO4/c1-24(2,23(31)32)33-21-7-3-5-18(15-21)19-6-4-14-29(16-19)22(30)13-10-17-8-11-20(12-9-17)25(26,27)28/h3,5,7-9,11-12,15,19H,4,6,10,13-14,16H2,1-2H3,(H,31,32)/t19-/m0/s1. The first-order valence-electron chi connectivity index (χ1n) is 10.9. The highest BCUT2D eigenvalue weighted by Gasteiger charge is 2.31. The van der Waals surface area contributed by atoms with E-state index in [1.807, 2.05) is 18.2 Å². The zero-order chi connectivity index (χ0) is 24.2. The Morgan fingerprint density at radius 3 is 2.45 bits per heavy atom. The van der Waals surface area contributed by atoms with E-state index in [2.05, 4.69) is 0 Å². The van der Waals surface area contributed by atoms with Gasteiger partial charge in [-0.05, 0) is 68.5 Å². The third-order valence-electron chi connectivity index (χ3n) is 5.90. The number of nitrogens with zero attached hydrogens (tertiary/aromatic N) is 1. The van der Waals surface area contributed by atoms with Crippen LogP contribution in [-0.4, -0.2) is 40.6 Å². The predicted octanol–water partition coefficient (Wildman–Crippen LogP) is 5.29.